The highest BCUT2D eigenvalue weighted by Gasteiger charge is 2.35. The van der Waals surface area contributed by atoms with Crippen LogP contribution in [-0.4, -0.2) is 43.8 Å². The molecule has 236 valence electrons. The maximum Gasteiger partial charge on any atom is 0.264 e. The topological polar surface area (TPSA) is 86.8 Å². The van der Waals surface area contributed by atoms with Gasteiger partial charge >= 0.3 is 0 Å². The molecule has 0 unspecified atom stereocenters. The van der Waals surface area contributed by atoms with Gasteiger partial charge in [0.25, 0.3) is 10.0 Å². The number of anilines is 1. The van der Waals surface area contributed by atoms with Crippen LogP contribution in [0.5, 0.6) is 0 Å². The molecule has 7 nitrogen and oxygen atoms in total. The van der Waals surface area contributed by atoms with Crippen LogP contribution >= 0.6 is 11.6 Å². The van der Waals surface area contributed by atoms with E-state index < -0.39 is 28.5 Å². The van der Waals surface area contributed by atoms with Crippen LogP contribution in [0.25, 0.3) is 0 Å². The van der Waals surface area contributed by atoms with Crippen LogP contribution in [-0.2, 0) is 39.0 Å². The highest BCUT2D eigenvalue weighted by Crippen LogP contribution is 2.28. The fourth-order valence-corrected chi connectivity index (χ4v) is 6.67. The van der Waals surface area contributed by atoms with Crippen LogP contribution in [0.4, 0.5) is 5.69 Å². The quantitative estimate of drug-likeness (QED) is 0.166. The number of hydrogen-bond acceptors (Lipinski definition) is 4. The summed E-state index contributed by atoms with van der Waals surface area (Å²) in [5.74, 6) is -0.808. The van der Waals surface area contributed by atoms with E-state index in [1.807, 2.05) is 63.2 Å². The van der Waals surface area contributed by atoms with Crippen molar-refractivity contribution in [3.63, 3.8) is 0 Å². The first-order valence-corrected chi connectivity index (χ1v) is 17.0. The maximum atomic E-state index is 14.6. The lowest BCUT2D eigenvalue weighted by Crippen LogP contribution is -2.54. The molecule has 1 N–H and O–H groups in total. The first-order chi connectivity index (χ1) is 21.6. The summed E-state index contributed by atoms with van der Waals surface area (Å²) >= 11 is 6.16. The summed E-state index contributed by atoms with van der Waals surface area (Å²) in [7, 11) is -4.15. The second kappa shape index (κ2) is 15.7. The van der Waals surface area contributed by atoms with Crippen LogP contribution in [0.15, 0.2) is 114 Å². The number of rotatable bonds is 14. The molecule has 0 fully saturated rings. The lowest BCUT2D eigenvalue weighted by Gasteiger charge is -2.34. The van der Waals surface area contributed by atoms with Gasteiger partial charge in [0.15, 0.2) is 0 Å². The summed E-state index contributed by atoms with van der Waals surface area (Å²) in [5, 5.41) is 3.60. The summed E-state index contributed by atoms with van der Waals surface area (Å²) in [4.78, 5) is 30.1. The molecule has 4 aromatic rings. The zero-order valence-corrected chi connectivity index (χ0v) is 27.5. The van der Waals surface area contributed by atoms with Crippen molar-refractivity contribution >= 4 is 39.1 Å². The van der Waals surface area contributed by atoms with E-state index >= 15 is 0 Å². The number of amides is 2. The standard InChI is InChI=1S/C36H40ClN3O4S/c1-4-27(3)38-36(42)34(24-28-14-8-6-9-15-28)39(25-29-20-22-31(37)23-21-29)35(41)26-40(33-19-13-12-16-30(33)5-2)45(43,44)32-17-10-7-11-18-32/h6-23,27,34H,4-5,24-26H2,1-3H3,(H,38,42)/t27-,34+/m0/s1. The first-order valence-electron chi connectivity index (χ1n) is 15.2. The number of halogens is 1. The molecule has 2 amide bonds. The molecule has 0 aliphatic rings. The van der Waals surface area contributed by atoms with Crippen molar-refractivity contribution in [2.45, 2.75) is 63.6 Å². The van der Waals surface area contributed by atoms with Gasteiger partial charge in [-0.3, -0.25) is 13.9 Å². The summed E-state index contributed by atoms with van der Waals surface area (Å²) in [5.41, 5.74) is 2.84. The average molecular weight is 646 g/mol. The number of nitrogens with one attached hydrogen (secondary N) is 1. The Hall–Kier alpha value is -4.14. The van der Waals surface area contributed by atoms with Crippen molar-refractivity contribution in [2.24, 2.45) is 0 Å². The van der Waals surface area contributed by atoms with E-state index in [2.05, 4.69) is 5.32 Å². The van der Waals surface area contributed by atoms with Gasteiger partial charge in [0, 0.05) is 24.0 Å². The molecule has 0 bridgehead atoms. The highest BCUT2D eigenvalue weighted by molar-refractivity contribution is 7.92. The largest absolute Gasteiger partial charge is 0.352 e. The third kappa shape index (κ3) is 8.74. The van der Waals surface area contributed by atoms with E-state index in [4.69, 9.17) is 11.6 Å². The zero-order valence-electron chi connectivity index (χ0n) is 25.9. The van der Waals surface area contributed by atoms with Gasteiger partial charge in [0.05, 0.1) is 10.6 Å². The molecular weight excluding hydrogens is 606 g/mol. The number of sulfonamides is 1. The van der Waals surface area contributed by atoms with E-state index in [0.717, 1.165) is 16.7 Å². The normalized spacial score (nSPS) is 12.6. The van der Waals surface area contributed by atoms with Crippen molar-refractivity contribution < 1.29 is 18.0 Å². The number of aryl methyl sites for hydroxylation is 1. The third-order valence-corrected chi connectivity index (χ3v) is 9.82. The van der Waals surface area contributed by atoms with Crippen LogP contribution in [0.3, 0.4) is 0 Å². The smallest absolute Gasteiger partial charge is 0.264 e. The van der Waals surface area contributed by atoms with Crippen molar-refractivity contribution in [3.05, 3.63) is 131 Å². The Kier molecular flexibility index (Phi) is 11.8. The molecule has 4 rings (SSSR count). The molecule has 0 aliphatic carbocycles. The molecule has 0 saturated carbocycles. The van der Waals surface area contributed by atoms with Crippen molar-refractivity contribution in [2.75, 3.05) is 10.8 Å². The Morgan fingerprint density at radius 2 is 1.40 bits per heavy atom. The van der Waals surface area contributed by atoms with Crippen LogP contribution < -0.4 is 9.62 Å². The zero-order chi connectivity index (χ0) is 32.4. The SMILES string of the molecule is CCc1ccccc1N(CC(=O)N(Cc1ccc(Cl)cc1)[C@H](Cc1ccccc1)C(=O)N[C@@H](C)CC)S(=O)(=O)c1ccccc1. The molecule has 0 aromatic heterocycles. The Morgan fingerprint density at radius 3 is 2.02 bits per heavy atom. The molecule has 9 heteroatoms. The van der Waals surface area contributed by atoms with Crippen LogP contribution in [0.1, 0.15) is 43.9 Å². The minimum absolute atomic E-state index is 0.0725. The fourth-order valence-electron chi connectivity index (χ4n) is 5.07. The van der Waals surface area contributed by atoms with Crippen molar-refractivity contribution in [1.82, 2.24) is 10.2 Å². The van der Waals surface area contributed by atoms with E-state index in [1.165, 1.54) is 21.3 Å². The maximum absolute atomic E-state index is 14.6. The van der Waals surface area contributed by atoms with Crippen molar-refractivity contribution in [3.8, 4) is 0 Å². The predicted octanol–water partition coefficient (Wildman–Crippen LogP) is 6.65. The van der Waals surface area contributed by atoms with Gasteiger partial charge in [0.1, 0.15) is 12.6 Å². The van der Waals surface area contributed by atoms with Gasteiger partial charge in [-0.05, 0) is 66.8 Å². The summed E-state index contributed by atoms with van der Waals surface area (Å²) in [6.07, 6.45) is 1.53. The first kappa shape index (κ1) is 33.7. The molecule has 0 aliphatic heterocycles. The number of benzene rings is 4. The fraction of sp³-hybridized carbons (Fsp3) is 0.278. The molecule has 2 atom stereocenters. The highest BCUT2D eigenvalue weighted by atomic mass is 35.5. The van der Waals surface area contributed by atoms with Gasteiger partial charge in [-0.2, -0.15) is 0 Å². The van der Waals surface area contributed by atoms with Gasteiger partial charge in [0.2, 0.25) is 11.8 Å². The minimum Gasteiger partial charge on any atom is -0.352 e. The lowest BCUT2D eigenvalue weighted by molar-refractivity contribution is -0.140. The molecule has 4 aromatic carbocycles. The van der Waals surface area contributed by atoms with Crippen LogP contribution in [0, 0.1) is 0 Å². The average Bonchev–Trinajstić information content (AvgIpc) is 3.06. The number of carbonyl (C=O) groups is 2. The Bertz CT molecular complexity index is 1670. The van der Waals surface area contributed by atoms with Crippen molar-refractivity contribution in [1.29, 1.82) is 0 Å². The van der Waals surface area contributed by atoms with Crippen LogP contribution in [0.2, 0.25) is 5.02 Å². The molecular formula is C36H40ClN3O4S. The second-order valence-electron chi connectivity index (χ2n) is 11.0. The second-order valence-corrected chi connectivity index (χ2v) is 13.3. The molecule has 0 heterocycles. The molecule has 0 radical (unpaired) electrons. The van der Waals surface area contributed by atoms with E-state index in [1.54, 1.807) is 54.6 Å². The van der Waals surface area contributed by atoms with Gasteiger partial charge in [-0.15, -0.1) is 0 Å². The molecule has 0 saturated heterocycles. The van der Waals surface area contributed by atoms with E-state index in [0.29, 0.717) is 23.6 Å². The van der Waals surface area contributed by atoms with E-state index in [-0.39, 0.29) is 29.8 Å². The monoisotopic (exact) mass is 645 g/mol. The summed E-state index contributed by atoms with van der Waals surface area (Å²) in [6, 6.07) is 30.8. The predicted molar refractivity (Wildman–Crippen MR) is 181 cm³/mol. The molecule has 0 spiro atoms. The molecule has 45 heavy (non-hydrogen) atoms. The van der Waals surface area contributed by atoms with E-state index in [9.17, 15) is 18.0 Å². The van der Waals surface area contributed by atoms with Gasteiger partial charge in [-0.25, -0.2) is 8.42 Å². The minimum atomic E-state index is -4.15. The third-order valence-electron chi connectivity index (χ3n) is 7.79. The number of para-hydroxylation sites is 1. The Balaban J connectivity index is 1.82. The Morgan fingerprint density at radius 1 is 0.800 bits per heavy atom. The van der Waals surface area contributed by atoms with Gasteiger partial charge in [-0.1, -0.05) is 104 Å². The lowest BCUT2D eigenvalue weighted by atomic mass is 10.0. The summed E-state index contributed by atoms with van der Waals surface area (Å²) in [6.45, 7) is 5.42. The van der Waals surface area contributed by atoms with Gasteiger partial charge < -0.3 is 10.2 Å². The Labute approximate surface area is 271 Å². The number of nitrogens with zero attached hydrogens (tertiary/aromatic N) is 2. The number of hydrogen-bond donors (Lipinski definition) is 1. The summed E-state index contributed by atoms with van der Waals surface area (Å²) < 4.78 is 29.6. The number of carbonyl (C=O) groups excluding carboxylic acids is 2.